The number of aryl methyl sites for hydroxylation is 1. The first-order valence-corrected chi connectivity index (χ1v) is 8.46. The van der Waals surface area contributed by atoms with Gasteiger partial charge in [-0.2, -0.15) is 0 Å². The van der Waals surface area contributed by atoms with Crippen LogP contribution in [0, 0.1) is 12.8 Å². The molecule has 1 fully saturated rings. The molecule has 0 saturated carbocycles. The maximum Gasteiger partial charge on any atom is 0.136 e. The Morgan fingerprint density at radius 1 is 1.18 bits per heavy atom. The SMILES string of the molecule is Cc1cc2c(NC(C)C)cccc2c(N2CCC(C)CC2)n1. The van der Waals surface area contributed by atoms with Gasteiger partial charge in [-0.3, -0.25) is 0 Å². The highest BCUT2D eigenvalue weighted by Crippen LogP contribution is 2.33. The van der Waals surface area contributed by atoms with Gasteiger partial charge in [-0.15, -0.1) is 0 Å². The largest absolute Gasteiger partial charge is 0.382 e. The normalized spacial score (nSPS) is 16.5. The fraction of sp³-hybridized carbons (Fsp3) is 0.526. The van der Waals surface area contributed by atoms with Crippen LogP contribution >= 0.6 is 0 Å². The van der Waals surface area contributed by atoms with E-state index >= 15 is 0 Å². The summed E-state index contributed by atoms with van der Waals surface area (Å²) in [6.45, 7) is 11.0. The van der Waals surface area contributed by atoms with Gasteiger partial charge in [0, 0.05) is 41.3 Å². The topological polar surface area (TPSA) is 28.2 Å². The second kappa shape index (κ2) is 6.15. The lowest BCUT2D eigenvalue weighted by Gasteiger charge is -2.32. The third-order valence-electron chi connectivity index (χ3n) is 4.51. The van der Waals surface area contributed by atoms with Gasteiger partial charge in [-0.25, -0.2) is 4.98 Å². The molecule has 0 bridgehead atoms. The Labute approximate surface area is 133 Å². The molecule has 1 aliphatic heterocycles. The Hall–Kier alpha value is -1.77. The maximum atomic E-state index is 4.87. The lowest BCUT2D eigenvalue weighted by atomic mass is 9.98. The molecule has 0 aliphatic carbocycles. The van der Waals surface area contributed by atoms with Crippen molar-refractivity contribution in [1.82, 2.24) is 4.98 Å². The monoisotopic (exact) mass is 297 g/mol. The van der Waals surface area contributed by atoms with Crippen molar-refractivity contribution >= 4 is 22.3 Å². The van der Waals surface area contributed by atoms with Gasteiger partial charge in [0.1, 0.15) is 5.82 Å². The molecule has 0 radical (unpaired) electrons. The summed E-state index contributed by atoms with van der Waals surface area (Å²) in [5, 5.41) is 6.12. The lowest BCUT2D eigenvalue weighted by molar-refractivity contribution is 0.437. The third kappa shape index (κ3) is 3.03. The zero-order valence-corrected chi connectivity index (χ0v) is 14.2. The summed E-state index contributed by atoms with van der Waals surface area (Å²) in [5.74, 6) is 2.00. The summed E-state index contributed by atoms with van der Waals surface area (Å²) in [7, 11) is 0. The van der Waals surface area contributed by atoms with E-state index in [1.807, 2.05) is 0 Å². The Bertz CT molecular complexity index is 655. The van der Waals surface area contributed by atoms with Crippen molar-refractivity contribution in [3.63, 3.8) is 0 Å². The molecule has 0 atom stereocenters. The predicted octanol–water partition coefficient (Wildman–Crippen LogP) is 4.60. The van der Waals surface area contributed by atoms with Crippen LogP contribution in [0.4, 0.5) is 11.5 Å². The van der Waals surface area contributed by atoms with E-state index in [9.17, 15) is 0 Å². The first kappa shape index (κ1) is 15.1. The molecule has 3 rings (SSSR count). The predicted molar refractivity (Wildman–Crippen MR) is 95.8 cm³/mol. The van der Waals surface area contributed by atoms with Crippen LogP contribution < -0.4 is 10.2 Å². The minimum absolute atomic E-state index is 0.429. The van der Waals surface area contributed by atoms with Crippen LogP contribution in [-0.2, 0) is 0 Å². The molecule has 3 heteroatoms. The van der Waals surface area contributed by atoms with Crippen LogP contribution in [0.1, 0.15) is 39.3 Å². The zero-order valence-electron chi connectivity index (χ0n) is 14.2. The van der Waals surface area contributed by atoms with Crippen molar-refractivity contribution in [3.05, 3.63) is 30.0 Å². The van der Waals surface area contributed by atoms with Gasteiger partial charge in [0.05, 0.1) is 0 Å². The van der Waals surface area contributed by atoms with E-state index in [4.69, 9.17) is 4.98 Å². The number of rotatable bonds is 3. The summed E-state index contributed by atoms with van der Waals surface area (Å²) in [6.07, 6.45) is 2.53. The molecule has 1 aromatic carbocycles. The number of benzene rings is 1. The minimum atomic E-state index is 0.429. The average Bonchev–Trinajstić information content (AvgIpc) is 2.47. The molecule has 0 spiro atoms. The van der Waals surface area contributed by atoms with E-state index in [1.165, 1.54) is 29.3 Å². The number of nitrogens with zero attached hydrogens (tertiary/aromatic N) is 2. The van der Waals surface area contributed by atoms with Crippen molar-refractivity contribution < 1.29 is 0 Å². The highest BCUT2D eigenvalue weighted by Gasteiger charge is 2.19. The summed E-state index contributed by atoms with van der Waals surface area (Å²) in [4.78, 5) is 7.34. The first-order chi connectivity index (χ1) is 10.5. The van der Waals surface area contributed by atoms with Crippen LogP contribution in [-0.4, -0.2) is 24.1 Å². The quantitative estimate of drug-likeness (QED) is 0.897. The molecular weight excluding hydrogens is 270 g/mol. The van der Waals surface area contributed by atoms with Crippen molar-refractivity contribution in [2.45, 2.75) is 46.6 Å². The molecule has 0 unspecified atom stereocenters. The van der Waals surface area contributed by atoms with E-state index in [2.05, 4.69) is 62.2 Å². The van der Waals surface area contributed by atoms with Crippen molar-refractivity contribution in [2.75, 3.05) is 23.3 Å². The third-order valence-corrected chi connectivity index (χ3v) is 4.51. The standard InChI is InChI=1S/C19H27N3/c1-13(2)20-18-7-5-6-16-17(18)12-15(4)21-19(16)22-10-8-14(3)9-11-22/h5-7,12-14,20H,8-11H2,1-4H3. The molecule has 1 aliphatic rings. The smallest absolute Gasteiger partial charge is 0.136 e. The van der Waals surface area contributed by atoms with Crippen molar-refractivity contribution in [3.8, 4) is 0 Å². The van der Waals surface area contributed by atoms with Crippen molar-refractivity contribution in [1.29, 1.82) is 0 Å². The highest BCUT2D eigenvalue weighted by atomic mass is 15.2. The Balaban J connectivity index is 2.06. The minimum Gasteiger partial charge on any atom is -0.382 e. The van der Waals surface area contributed by atoms with E-state index in [1.54, 1.807) is 0 Å². The van der Waals surface area contributed by atoms with E-state index in [-0.39, 0.29) is 0 Å². The number of hydrogen-bond acceptors (Lipinski definition) is 3. The maximum absolute atomic E-state index is 4.87. The van der Waals surface area contributed by atoms with E-state index in [0.29, 0.717) is 6.04 Å². The van der Waals surface area contributed by atoms with Crippen molar-refractivity contribution in [2.24, 2.45) is 5.92 Å². The Kier molecular flexibility index (Phi) is 4.23. The molecule has 1 saturated heterocycles. The number of piperidine rings is 1. The van der Waals surface area contributed by atoms with Gasteiger partial charge in [0.2, 0.25) is 0 Å². The van der Waals surface area contributed by atoms with E-state index < -0.39 is 0 Å². The van der Waals surface area contributed by atoms with Gasteiger partial charge < -0.3 is 10.2 Å². The Morgan fingerprint density at radius 3 is 2.59 bits per heavy atom. The summed E-state index contributed by atoms with van der Waals surface area (Å²) in [5.41, 5.74) is 2.31. The fourth-order valence-electron chi connectivity index (χ4n) is 3.28. The van der Waals surface area contributed by atoms with Crippen LogP contribution in [0.5, 0.6) is 0 Å². The number of hydrogen-bond donors (Lipinski definition) is 1. The van der Waals surface area contributed by atoms with Crippen LogP contribution in [0.3, 0.4) is 0 Å². The van der Waals surface area contributed by atoms with Gasteiger partial charge in [-0.05, 0) is 51.7 Å². The molecule has 1 aromatic heterocycles. The molecular formula is C19H27N3. The summed E-state index contributed by atoms with van der Waals surface area (Å²) >= 11 is 0. The summed E-state index contributed by atoms with van der Waals surface area (Å²) < 4.78 is 0. The fourth-order valence-corrected chi connectivity index (χ4v) is 3.28. The van der Waals surface area contributed by atoms with Crippen LogP contribution in [0.2, 0.25) is 0 Å². The highest BCUT2D eigenvalue weighted by molar-refractivity contribution is 6.00. The zero-order chi connectivity index (χ0) is 15.7. The molecule has 118 valence electrons. The number of anilines is 2. The number of nitrogens with one attached hydrogen (secondary N) is 1. The van der Waals surface area contributed by atoms with E-state index in [0.717, 1.165) is 30.5 Å². The van der Waals surface area contributed by atoms with Gasteiger partial charge >= 0.3 is 0 Å². The van der Waals surface area contributed by atoms with Gasteiger partial charge in [-0.1, -0.05) is 19.1 Å². The number of pyridine rings is 1. The molecule has 2 aromatic rings. The van der Waals surface area contributed by atoms with Crippen LogP contribution in [0.15, 0.2) is 24.3 Å². The van der Waals surface area contributed by atoms with Gasteiger partial charge in [0.25, 0.3) is 0 Å². The molecule has 3 nitrogen and oxygen atoms in total. The first-order valence-electron chi connectivity index (χ1n) is 8.46. The van der Waals surface area contributed by atoms with Crippen LogP contribution in [0.25, 0.3) is 10.8 Å². The second-order valence-corrected chi connectivity index (χ2v) is 6.96. The molecule has 0 amide bonds. The molecule has 22 heavy (non-hydrogen) atoms. The number of aromatic nitrogens is 1. The summed E-state index contributed by atoms with van der Waals surface area (Å²) in [6, 6.07) is 9.15. The second-order valence-electron chi connectivity index (χ2n) is 6.96. The van der Waals surface area contributed by atoms with Gasteiger partial charge in [0.15, 0.2) is 0 Å². The Morgan fingerprint density at radius 2 is 1.91 bits per heavy atom. The number of fused-ring (bicyclic) bond motifs is 1. The lowest BCUT2D eigenvalue weighted by Crippen LogP contribution is -2.33. The molecule has 2 heterocycles. The average molecular weight is 297 g/mol. The molecule has 1 N–H and O–H groups in total.